The van der Waals surface area contributed by atoms with Crippen molar-refractivity contribution in [3.63, 3.8) is 0 Å². The van der Waals surface area contributed by atoms with Crippen LogP contribution in [0, 0.1) is 0 Å². The summed E-state index contributed by atoms with van der Waals surface area (Å²) in [6.07, 6.45) is 2.11. The van der Waals surface area contributed by atoms with Gasteiger partial charge in [0.25, 0.3) is 0 Å². The number of hydrogen-bond donors (Lipinski definition) is 2. The fraction of sp³-hybridized carbons (Fsp3) is 0.259. The van der Waals surface area contributed by atoms with Crippen molar-refractivity contribution in [1.82, 2.24) is 9.55 Å². The van der Waals surface area contributed by atoms with Crippen LogP contribution in [-0.4, -0.2) is 29.4 Å². The minimum absolute atomic E-state index is 0.269. The molecule has 4 aromatic rings. The molecule has 2 aromatic heterocycles. The first kappa shape index (κ1) is 23.3. The van der Waals surface area contributed by atoms with Gasteiger partial charge in [0.1, 0.15) is 0 Å². The quantitative estimate of drug-likeness (QED) is 0.384. The zero-order valence-electron chi connectivity index (χ0n) is 19.7. The minimum Gasteiger partial charge on any atom is -0.481 e. The standard InChI is InChI=1S/C27H30N4O3/c1-4-34-26(32)29-22-14-15-24(33-3)30-25(22)27(2,28)16-20-18-31(17-19-10-6-5-7-11-19)23-13-9-8-12-21(20)23/h5-15,18H,4,16-17,28H2,1-3H3,(H,29,32). The van der Waals surface area contributed by atoms with Crippen LogP contribution in [0.4, 0.5) is 10.5 Å². The van der Waals surface area contributed by atoms with Gasteiger partial charge in [0, 0.05) is 29.7 Å². The maximum absolute atomic E-state index is 12.1. The summed E-state index contributed by atoms with van der Waals surface area (Å²) >= 11 is 0. The Morgan fingerprint density at radius 1 is 1.09 bits per heavy atom. The van der Waals surface area contributed by atoms with Crippen molar-refractivity contribution in [3.05, 3.63) is 89.7 Å². The molecule has 176 valence electrons. The SMILES string of the molecule is CCOC(=O)Nc1ccc(OC)nc1C(C)(N)Cc1cn(Cc2ccccc2)c2ccccc12. The Hall–Kier alpha value is -3.84. The van der Waals surface area contributed by atoms with Crippen LogP contribution in [0.2, 0.25) is 0 Å². The maximum Gasteiger partial charge on any atom is 0.411 e. The highest BCUT2D eigenvalue weighted by Crippen LogP contribution is 2.33. The molecule has 3 N–H and O–H groups in total. The van der Waals surface area contributed by atoms with E-state index in [0.29, 0.717) is 23.7 Å². The molecule has 0 radical (unpaired) electrons. The number of anilines is 1. The molecule has 34 heavy (non-hydrogen) atoms. The number of fused-ring (bicyclic) bond motifs is 1. The molecule has 1 atom stereocenters. The predicted molar refractivity (Wildman–Crippen MR) is 134 cm³/mol. The van der Waals surface area contributed by atoms with Gasteiger partial charge in [-0.15, -0.1) is 0 Å². The van der Waals surface area contributed by atoms with Crippen LogP contribution in [-0.2, 0) is 23.2 Å². The Morgan fingerprint density at radius 3 is 2.56 bits per heavy atom. The van der Waals surface area contributed by atoms with Crippen molar-refractivity contribution in [2.45, 2.75) is 32.4 Å². The lowest BCUT2D eigenvalue weighted by Crippen LogP contribution is -2.37. The summed E-state index contributed by atoms with van der Waals surface area (Å²) in [7, 11) is 1.55. The molecule has 0 aliphatic heterocycles. The second-order valence-corrected chi connectivity index (χ2v) is 8.47. The molecule has 7 nitrogen and oxygen atoms in total. The Labute approximate surface area is 199 Å². The average molecular weight is 459 g/mol. The number of pyridine rings is 1. The monoisotopic (exact) mass is 458 g/mol. The summed E-state index contributed by atoms with van der Waals surface area (Å²) in [5, 5.41) is 3.90. The number of carbonyl (C=O) groups excluding carboxylic acids is 1. The van der Waals surface area contributed by atoms with E-state index in [2.05, 4.69) is 45.3 Å². The van der Waals surface area contributed by atoms with Crippen LogP contribution in [0.15, 0.2) is 72.9 Å². The Kier molecular flexibility index (Phi) is 6.84. The highest BCUT2D eigenvalue weighted by molar-refractivity contribution is 5.86. The number of hydrogen-bond acceptors (Lipinski definition) is 5. The molecule has 1 unspecified atom stereocenters. The molecular weight excluding hydrogens is 428 g/mol. The molecule has 0 spiro atoms. The second-order valence-electron chi connectivity index (χ2n) is 8.47. The van der Waals surface area contributed by atoms with Gasteiger partial charge in [0.15, 0.2) is 0 Å². The largest absolute Gasteiger partial charge is 0.481 e. The number of nitrogens with two attached hydrogens (primary N) is 1. The zero-order valence-corrected chi connectivity index (χ0v) is 19.7. The number of carbonyl (C=O) groups is 1. The van der Waals surface area contributed by atoms with Gasteiger partial charge in [-0.2, -0.15) is 0 Å². The summed E-state index contributed by atoms with van der Waals surface area (Å²) in [4.78, 5) is 16.7. The van der Waals surface area contributed by atoms with E-state index in [1.165, 1.54) is 5.56 Å². The van der Waals surface area contributed by atoms with Crippen LogP contribution in [0.1, 0.15) is 30.7 Å². The lowest BCUT2D eigenvalue weighted by molar-refractivity contribution is 0.168. The first-order valence-electron chi connectivity index (χ1n) is 11.3. The predicted octanol–water partition coefficient (Wildman–Crippen LogP) is 5.08. The van der Waals surface area contributed by atoms with Gasteiger partial charge in [0.05, 0.1) is 30.6 Å². The molecule has 0 fully saturated rings. The summed E-state index contributed by atoms with van der Waals surface area (Å²) in [6.45, 7) is 4.70. The normalized spacial score (nSPS) is 12.8. The number of ether oxygens (including phenoxy) is 2. The maximum atomic E-state index is 12.1. The van der Waals surface area contributed by atoms with Crippen LogP contribution in [0.5, 0.6) is 5.88 Å². The number of amides is 1. The summed E-state index contributed by atoms with van der Waals surface area (Å²) < 4.78 is 12.6. The van der Waals surface area contributed by atoms with Crippen molar-refractivity contribution in [2.75, 3.05) is 19.0 Å². The van der Waals surface area contributed by atoms with Gasteiger partial charge >= 0.3 is 6.09 Å². The van der Waals surface area contributed by atoms with Crippen LogP contribution in [0.25, 0.3) is 10.9 Å². The van der Waals surface area contributed by atoms with Crippen LogP contribution in [0.3, 0.4) is 0 Å². The van der Waals surface area contributed by atoms with Gasteiger partial charge in [-0.3, -0.25) is 5.32 Å². The molecule has 0 aliphatic carbocycles. The van der Waals surface area contributed by atoms with Crippen molar-refractivity contribution >= 4 is 22.7 Å². The first-order chi connectivity index (χ1) is 16.4. The molecule has 0 aliphatic rings. The van der Waals surface area contributed by atoms with Crippen molar-refractivity contribution in [1.29, 1.82) is 0 Å². The molecule has 4 rings (SSSR count). The van der Waals surface area contributed by atoms with E-state index < -0.39 is 11.6 Å². The molecule has 0 saturated heterocycles. The Bertz CT molecular complexity index is 1280. The number of nitrogens with one attached hydrogen (secondary N) is 1. The number of aromatic nitrogens is 2. The molecule has 1 amide bonds. The summed E-state index contributed by atoms with van der Waals surface area (Å²) in [6, 6.07) is 22.1. The fourth-order valence-electron chi connectivity index (χ4n) is 4.22. The lowest BCUT2D eigenvalue weighted by atomic mass is 9.89. The third kappa shape index (κ3) is 5.05. The third-order valence-corrected chi connectivity index (χ3v) is 5.76. The smallest absolute Gasteiger partial charge is 0.411 e. The van der Waals surface area contributed by atoms with E-state index in [-0.39, 0.29) is 6.61 Å². The van der Waals surface area contributed by atoms with Crippen molar-refractivity contribution < 1.29 is 14.3 Å². The van der Waals surface area contributed by atoms with E-state index in [1.54, 1.807) is 26.2 Å². The number of benzene rings is 2. The van der Waals surface area contributed by atoms with Gasteiger partial charge in [-0.25, -0.2) is 9.78 Å². The number of methoxy groups -OCH3 is 1. The zero-order chi connectivity index (χ0) is 24.1. The molecule has 2 aromatic carbocycles. The molecule has 2 heterocycles. The van der Waals surface area contributed by atoms with Crippen molar-refractivity contribution in [2.24, 2.45) is 5.73 Å². The molecule has 7 heteroatoms. The fourth-order valence-corrected chi connectivity index (χ4v) is 4.22. The van der Waals surface area contributed by atoms with E-state index >= 15 is 0 Å². The van der Waals surface area contributed by atoms with Gasteiger partial charge < -0.3 is 19.8 Å². The average Bonchev–Trinajstić information content (AvgIpc) is 3.16. The lowest BCUT2D eigenvalue weighted by Gasteiger charge is -2.27. The highest BCUT2D eigenvalue weighted by atomic mass is 16.5. The number of nitrogens with zero attached hydrogens (tertiary/aromatic N) is 2. The van der Waals surface area contributed by atoms with Crippen LogP contribution >= 0.6 is 0 Å². The molecule has 0 saturated carbocycles. The molecule has 0 bridgehead atoms. The van der Waals surface area contributed by atoms with Crippen LogP contribution < -0.4 is 15.8 Å². The second kappa shape index (κ2) is 9.97. The Morgan fingerprint density at radius 2 is 1.82 bits per heavy atom. The van der Waals surface area contributed by atoms with Gasteiger partial charge in [0.2, 0.25) is 5.88 Å². The third-order valence-electron chi connectivity index (χ3n) is 5.76. The topological polar surface area (TPSA) is 91.4 Å². The van der Waals surface area contributed by atoms with Gasteiger partial charge in [-0.05, 0) is 43.5 Å². The van der Waals surface area contributed by atoms with E-state index in [0.717, 1.165) is 23.0 Å². The van der Waals surface area contributed by atoms with E-state index in [4.69, 9.17) is 15.2 Å². The first-order valence-corrected chi connectivity index (χ1v) is 11.3. The van der Waals surface area contributed by atoms with Gasteiger partial charge in [-0.1, -0.05) is 48.5 Å². The minimum atomic E-state index is -0.898. The van der Waals surface area contributed by atoms with E-state index in [9.17, 15) is 4.79 Å². The highest BCUT2D eigenvalue weighted by Gasteiger charge is 2.29. The Balaban J connectivity index is 1.71. The number of para-hydroxylation sites is 1. The number of rotatable bonds is 8. The van der Waals surface area contributed by atoms with Crippen molar-refractivity contribution in [3.8, 4) is 5.88 Å². The van der Waals surface area contributed by atoms with E-state index in [1.807, 2.05) is 37.3 Å². The summed E-state index contributed by atoms with van der Waals surface area (Å²) in [5.74, 6) is 0.424. The molecular formula is C27H30N4O3. The summed E-state index contributed by atoms with van der Waals surface area (Å²) in [5.41, 5.74) is 10.5.